The predicted molar refractivity (Wildman–Crippen MR) is 94.4 cm³/mol. The number of alkyl halides is 3. The number of hydrogen-bond acceptors (Lipinski definition) is 3. The van der Waals surface area contributed by atoms with Crippen LogP contribution >= 0.6 is 11.6 Å². The number of halogens is 4. The van der Waals surface area contributed by atoms with Crippen LogP contribution < -0.4 is 10.2 Å². The molecule has 1 N–H and O–H groups in total. The van der Waals surface area contributed by atoms with Gasteiger partial charge < -0.3 is 15.1 Å². The van der Waals surface area contributed by atoms with Crippen molar-refractivity contribution in [3.8, 4) is 0 Å². The lowest BCUT2D eigenvalue weighted by molar-refractivity contribution is -0.167. The Morgan fingerprint density at radius 3 is 2.12 bits per heavy atom. The second-order valence-electron chi connectivity index (χ2n) is 7.15. The smallest absolute Gasteiger partial charge is 0.367 e. The van der Waals surface area contributed by atoms with Crippen molar-refractivity contribution in [1.29, 1.82) is 0 Å². The highest BCUT2D eigenvalue weighted by Gasteiger charge is 2.38. The first kappa shape index (κ1) is 20.4. The zero-order valence-corrected chi connectivity index (χ0v) is 15.5. The summed E-state index contributed by atoms with van der Waals surface area (Å²) in [5, 5.41) is 2.01. The highest BCUT2D eigenvalue weighted by atomic mass is 35.5. The molecule has 0 spiro atoms. The minimum absolute atomic E-state index is 0.0254. The molecule has 1 aliphatic heterocycles. The van der Waals surface area contributed by atoms with Crippen LogP contribution in [0.4, 0.5) is 24.5 Å². The molecule has 9 heteroatoms. The van der Waals surface area contributed by atoms with Gasteiger partial charge in [-0.05, 0) is 18.2 Å². The average Bonchev–Trinajstić information content (AvgIpc) is 2.53. The Hall–Kier alpha value is -1.96. The maximum Gasteiger partial charge on any atom is 0.471 e. The molecule has 0 aromatic heterocycles. The number of nitrogens with one attached hydrogen (secondary N) is 1. The number of carbonyl (C=O) groups excluding carboxylic acids is 2. The van der Waals surface area contributed by atoms with Crippen molar-refractivity contribution in [2.45, 2.75) is 26.9 Å². The van der Waals surface area contributed by atoms with E-state index in [0.29, 0.717) is 31.9 Å². The molecule has 0 unspecified atom stereocenters. The fraction of sp³-hybridized carbons (Fsp3) is 0.529. The Kier molecular flexibility index (Phi) is 5.75. The maximum atomic E-state index is 12.3. The SMILES string of the molecule is CC(C)(C)C(=O)N1CCN(c2ccc(NC(=O)C(F)(F)F)cc2Cl)CC1. The van der Waals surface area contributed by atoms with Gasteiger partial charge in [-0.25, -0.2) is 0 Å². The van der Waals surface area contributed by atoms with Crippen molar-refractivity contribution in [3.63, 3.8) is 0 Å². The molecule has 1 fully saturated rings. The van der Waals surface area contributed by atoms with E-state index < -0.39 is 17.5 Å². The number of rotatable bonds is 2. The van der Waals surface area contributed by atoms with E-state index in [9.17, 15) is 22.8 Å². The molecule has 0 bridgehead atoms. The minimum atomic E-state index is -4.96. The topological polar surface area (TPSA) is 52.7 Å². The van der Waals surface area contributed by atoms with E-state index in [4.69, 9.17) is 11.6 Å². The highest BCUT2D eigenvalue weighted by molar-refractivity contribution is 6.33. The van der Waals surface area contributed by atoms with E-state index in [2.05, 4.69) is 0 Å². The Bertz CT molecular complexity index is 693. The number of nitrogens with zero attached hydrogens (tertiary/aromatic N) is 2. The number of anilines is 2. The van der Waals surface area contributed by atoms with Gasteiger partial charge in [0.1, 0.15) is 0 Å². The van der Waals surface area contributed by atoms with Crippen LogP contribution in [-0.4, -0.2) is 49.1 Å². The molecule has 2 amide bonds. The number of benzene rings is 1. The van der Waals surface area contributed by atoms with Crippen LogP contribution in [0.1, 0.15) is 20.8 Å². The van der Waals surface area contributed by atoms with Crippen molar-refractivity contribution in [2.24, 2.45) is 5.41 Å². The first-order valence-corrected chi connectivity index (χ1v) is 8.49. The van der Waals surface area contributed by atoms with Crippen molar-refractivity contribution in [2.75, 3.05) is 36.4 Å². The van der Waals surface area contributed by atoms with Gasteiger partial charge in [0.15, 0.2) is 0 Å². The van der Waals surface area contributed by atoms with E-state index in [0.717, 1.165) is 0 Å². The quantitative estimate of drug-likeness (QED) is 0.839. The van der Waals surface area contributed by atoms with Crippen LogP contribution in [-0.2, 0) is 9.59 Å². The van der Waals surface area contributed by atoms with E-state index in [1.165, 1.54) is 12.1 Å². The van der Waals surface area contributed by atoms with Crippen molar-refractivity contribution >= 4 is 34.8 Å². The molecule has 1 aromatic carbocycles. The van der Waals surface area contributed by atoms with Crippen molar-refractivity contribution < 1.29 is 22.8 Å². The van der Waals surface area contributed by atoms with Gasteiger partial charge in [0, 0.05) is 37.3 Å². The molecule has 5 nitrogen and oxygen atoms in total. The lowest BCUT2D eigenvalue weighted by Gasteiger charge is -2.39. The van der Waals surface area contributed by atoms with Crippen LogP contribution in [0, 0.1) is 5.41 Å². The molecule has 0 aliphatic carbocycles. The number of piperazine rings is 1. The van der Waals surface area contributed by atoms with Gasteiger partial charge in [0.05, 0.1) is 10.7 Å². The third-order valence-electron chi connectivity index (χ3n) is 4.01. The van der Waals surface area contributed by atoms with Gasteiger partial charge >= 0.3 is 12.1 Å². The third kappa shape index (κ3) is 4.81. The van der Waals surface area contributed by atoms with Gasteiger partial charge in [0.2, 0.25) is 5.91 Å². The largest absolute Gasteiger partial charge is 0.471 e. The number of carbonyl (C=O) groups is 2. The molecule has 2 rings (SSSR count). The second-order valence-corrected chi connectivity index (χ2v) is 7.55. The Balaban J connectivity index is 2.03. The van der Waals surface area contributed by atoms with Crippen molar-refractivity contribution in [1.82, 2.24) is 4.90 Å². The van der Waals surface area contributed by atoms with E-state index >= 15 is 0 Å². The summed E-state index contributed by atoms with van der Waals surface area (Å²) in [7, 11) is 0. The van der Waals surface area contributed by atoms with E-state index in [-0.39, 0.29) is 16.6 Å². The zero-order valence-electron chi connectivity index (χ0n) is 14.8. The highest BCUT2D eigenvalue weighted by Crippen LogP contribution is 2.31. The summed E-state index contributed by atoms with van der Waals surface area (Å²) in [6.07, 6.45) is -4.96. The summed E-state index contributed by atoms with van der Waals surface area (Å²) < 4.78 is 36.9. The molecule has 1 aromatic rings. The Labute approximate surface area is 155 Å². The zero-order chi connectivity index (χ0) is 19.7. The summed E-state index contributed by atoms with van der Waals surface area (Å²) in [5.74, 6) is -1.97. The first-order valence-electron chi connectivity index (χ1n) is 8.11. The van der Waals surface area contributed by atoms with Crippen LogP contribution in [0.25, 0.3) is 0 Å². The maximum absolute atomic E-state index is 12.3. The molecule has 144 valence electrons. The van der Waals surface area contributed by atoms with Gasteiger partial charge in [-0.15, -0.1) is 0 Å². The van der Waals surface area contributed by atoms with Gasteiger partial charge in [0.25, 0.3) is 0 Å². The number of hydrogen-bond donors (Lipinski definition) is 1. The second kappa shape index (κ2) is 7.34. The molecule has 0 radical (unpaired) electrons. The van der Waals surface area contributed by atoms with Crippen molar-refractivity contribution in [3.05, 3.63) is 23.2 Å². The predicted octanol–water partition coefficient (Wildman–Crippen LogP) is 3.54. The lowest BCUT2D eigenvalue weighted by Crippen LogP contribution is -2.51. The standard InChI is InChI=1S/C17H21ClF3N3O2/c1-16(2,3)15(26)24-8-6-23(7-9-24)13-5-4-11(10-12(13)18)22-14(25)17(19,20)21/h4-5,10H,6-9H2,1-3H3,(H,22,25). The minimum Gasteiger partial charge on any atom is -0.367 e. The molecule has 26 heavy (non-hydrogen) atoms. The molecule has 1 aliphatic rings. The number of amides is 2. The summed E-state index contributed by atoms with van der Waals surface area (Å²) in [5.41, 5.74) is 0.181. The summed E-state index contributed by atoms with van der Waals surface area (Å²) in [4.78, 5) is 27.0. The summed E-state index contributed by atoms with van der Waals surface area (Å²) >= 11 is 6.18. The van der Waals surface area contributed by atoms with E-state index in [1.54, 1.807) is 16.3 Å². The Morgan fingerprint density at radius 1 is 1.08 bits per heavy atom. The van der Waals surface area contributed by atoms with Crippen LogP contribution in [0.2, 0.25) is 5.02 Å². The fourth-order valence-corrected chi connectivity index (χ4v) is 2.97. The van der Waals surface area contributed by atoms with Gasteiger partial charge in [-0.2, -0.15) is 13.2 Å². The monoisotopic (exact) mass is 391 g/mol. The summed E-state index contributed by atoms with van der Waals surface area (Å²) in [6, 6.07) is 4.22. The van der Waals surface area contributed by atoms with Crippen LogP contribution in [0.15, 0.2) is 18.2 Å². The molecule has 0 atom stereocenters. The lowest BCUT2D eigenvalue weighted by atomic mass is 9.94. The summed E-state index contributed by atoms with van der Waals surface area (Å²) in [6.45, 7) is 7.81. The van der Waals surface area contributed by atoms with Gasteiger partial charge in [-0.1, -0.05) is 32.4 Å². The molecular weight excluding hydrogens is 371 g/mol. The average molecular weight is 392 g/mol. The molecular formula is C17H21ClF3N3O2. The Morgan fingerprint density at radius 2 is 1.65 bits per heavy atom. The molecule has 1 heterocycles. The normalized spacial score (nSPS) is 15.8. The third-order valence-corrected chi connectivity index (χ3v) is 4.31. The van der Waals surface area contributed by atoms with Crippen LogP contribution in [0.5, 0.6) is 0 Å². The van der Waals surface area contributed by atoms with Crippen LogP contribution in [0.3, 0.4) is 0 Å². The molecule has 0 saturated carbocycles. The first-order chi connectivity index (χ1) is 11.9. The van der Waals surface area contributed by atoms with Gasteiger partial charge in [-0.3, -0.25) is 9.59 Å². The van der Waals surface area contributed by atoms with E-state index in [1.807, 2.05) is 25.7 Å². The fourth-order valence-electron chi connectivity index (χ4n) is 2.67. The molecule has 1 saturated heterocycles.